The Morgan fingerprint density at radius 3 is 2.44 bits per heavy atom. The molecule has 2 aromatic rings. The molecule has 0 aromatic heterocycles. The Morgan fingerprint density at radius 1 is 1.12 bits per heavy atom. The quantitative estimate of drug-likeness (QED) is 0.811. The second-order valence-electron chi connectivity index (χ2n) is 5.64. The van der Waals surface area contributed by atoms with Crippen molar-refractivity contribution in [2.24, 2.45) is 5.92 Å². The van der Waals surface area contributed by atoms with Crippen molar-refractivity contribution >= 4 is 34.8 Å². The summed E-state index contributed by atoms with van der Waals surface area (Å²) >= 11 is 5.65. The summed E-state index contributed by atoms with van der Waals surface area (Å²) in [5, 5.41) is 5.33. The molecule has 25 heavy (non-hydrogen) atoms. The minimum absolute atomic E-state index is 0.0773. The number of carbonyl (C=O) groups is 2. The molecule has 2 N–H and O–H groups in total. The van der Waals surface area contributed by atoms with Crippen LogP contribution in [0.25, 0.3) is 0 Å². The predicted molar refractivity (Wildman–Crippen MR) is 95.4 cm³/mol. The predicted octanol–water partition coefficient (Wildman–Crippen LogP) is 4.09. The van der Waals surface area contributed by atoms with Crippen molar-refractivity contribution in [2.75, 3.05) is 17.2 Å². The van der Waals surface area contributed by atoms with E-state index in [4.69, 9.17) is 16.3 Å². The van der Waals surface area contributed by atoms with Gasteiger partial charge in [0.25, 0.3) is 5.91 Å². The molecule has 5 nitrogen and oxygen atoms in total. The van der Waals surface area contributed by atoms with Gasteiger partial charge in [-0.05, 0) is 30.3 Å². The van der Waals surface area contributed by atoms with E-state index in [0.717, 1.165) is 6.07 Å². The first-order valence-corrected chi connectivity index (χ1v) is 8.01. The Bertz CT molecular complexity index is 781. The first-order valence-electron chi connectivity index (χ1n) is 7.64. The normalized spacial score (nSPS) is 10.4. The van der Waals surface area contributed by atoms with E-state index >= 15 is 0 Å². The highest BCUT2D eigenvalue weighted by molar-refractivity contribution is 6.30. The summed E-state index contributed by atoms with van der Waals surface area (Å²) in [6.45, 7) is 3.32. The lowest BCUT2D eigenvalue weighted by molar-refractivity contribution is -0.119. The minimum atomic E-state index is -0.557. The number of nitrogens with one attached hydrogen (secondary N) is 2. The van der Waals surface area contributed by atoms with Crippen LogP contribution < -0.4 is 15.4 Å². The second-order valence-corrected chi connectivity index (χ2v) is 6.04. The van der Waals surface area contributed by atoms with Crippen molar-refractivity contribution in [1.29, 1.82) is 0 Å². The van der Waals surface area contributed by atoms with Crippen LogP contribution in [-0.2, 0) is 9.59 Å². The van der Waals surface area contributed by atoms with Crippen LogP contribution in [0, 0.1) is 11.7 Å². The average Bonchev–Trinajstić information content (AvgIpc) is 2.56. The van der Waals surface area contributed by atoms with Crippen LogP contribution in [0.1, 0.15) is 13.8 Å². The van der Waals surface area contributed by atoms with E-state index in [2.05, 4.69) is 10.6 Å². The fraction of sp³-hybridized carbons (Fsp3) is 0.222. The number of halogens is 2. The molecule has 0 unspecified atom stereocenters. The molecule has 0 saturated carbocycles. The lowest BCUT2D eigenvalue weighted by atomic mass is 10.2. The van der Waals surface area contributed by atoms with Crippen molar-refractivity contribution < 1.29 is 18.7 Å². The summed E-state index contributed by atoms with van der Waals surface area (Å²) in [6, 6.07) is 10.6. The zero-order valence-corrected chi connectivity index (χ0v) is 14.6. The third-order valence-electron chi connectivity index (χ3n) is 3.20. The highest BCUT2D eigenvalue weighted by Gasteiger charge is 2.09. The van der Waals surface area contributed by atoms with Crippen molar-refractivity contribution in [3.8, 4) is 5.75 Å². The fourth-order valence-corrected chi connectivity index (χ4v) is 2.04. The SMILES string of the molecule is CC(C)C(=O)Nc1cccc(NC(=O)COc2ccc(F)c(Cl)c2)c1. The Kier molecular flexibility index (Phi) is 6.36. The molecule has 2 rings (SSSR count). The Morgan fingerprint density at radius 2 is 1.80 bits per heavy atom. The van der Waals surface area contributed by atoms with E-state index in [-0.39, 0.29) is 23.5 Å². The third kappa shape index (κ3) is 5.76. The smallest absolute Gasteiger partial charge is 0.262 e. The lowest BCUT2D eigenvalue weighted by Crippen LogP contribution is -2.21. The average molecular weight is 365 g/mol. The van der Waals surface area contributed by atoms with Gasteiger partial charge in [0.2, 0.25) is 5.91 Å². The number of hydrogen-bond acceptors (Lipinski definition) is 3. The molecule has 0 bridgehead atoms. The number of carbonyl (C=O) groups excluding carboxylic acids is 2. The van der Waals surface area contributed by atoms with Crippen molar-refractivity contribution in [3.05, 3.63) is 53.3 Å². The number of rotatable bonds is 6. The number of amides is 2. The second kappa shape index (κ2) is 8.48. The van der Waals surface area contributed by atoms with Crippen LogP contribution in [0.2, 0.25) is 5.02 Å². The Labute approximate surface area is 150 Å². The van der Waals surface area contributed by atoms with Crippen LogP contribution in [0.15, 0.2) is 42.5 Å². The van der Waals surface area contributed by atoms with Gasteiger partial charge in [0, 0.05) is 23.4 Å². The molecule has 7 heteroatoms. The molecule has 0 aliphatic rings. The van der Waals surface area contributed by atoms with E-state index in [1.54, 1.807) is 38.1 Å². The number of benzene rings is 2. The van der Waals surface area contributed by atoms with Gasteiger partial charge in [-0.2, -0.15) is 0 Å². The Balaban J connectivity index is 1.91. The number of anilines is 2. The molecule has 0 spiro atoms. The highest BCUT2D eigenvalue weighted by atomic mass is 35.5. The molecule has 2 aromatic carbocycles. The Hall–Kier alpha value is -2.60. The van der Waals surface area contributed by atoms with Gasteiger partial charge < -0.3 is 15.4 Å². The standard InChI is InChI=1S/C18H18ClFN2O3/c1-11(2)18(24)22-13-5-3-4-12(8-13)21-17(23)10-25-14-6-7-16(20)15(19)9-14/h3-9,11H,10H2,1-2H3,(H,21,23)(H,22,24). The maximum Gasteiger partial charge on any atom is 0.262 e. The van der Waals surface area contributed by atoms with Gasteiger partial charge in [-0.15, -0.1) is 0 Å². The zero-order chi connectivity index (χ0) is 18.4. The molecule has 0 atom stereocenters. The molecule has 0 aliphatic heterocycles. The zero-order valence-electron chi connectivity index (χ0n) is 13.8. The van der Waals surface area contributed by atoms with Gasteiger partial charge in [-0.25, -0.2) is 4.39 Å². The summed E-state index contributed by atoms with van der Waals surface area (Å²) in [6.07, 6.45) is 0. The molecule has 0 heterocycles. The monoisotopic (exact) mass is 364 g/mol. The van der Waals surface area contributed by atoms with Gasteiger partial charge in [0.15, 0.2) is 6.61 Å². The third-order valence-corrected chi connectivity index (χ3v) is 3.49. The van der Waals surface area contributed by atoms with Crippen LogP contribution in [0.4, 0.5) is 15.8 Å². The first-order chi connectivity index (χ1) is 11.8. The summed E-state index contributed by atoms with van der Waals surface area (Å²) in [7, 11) is 0. The summed E-state index contributed by atoms with van der Waals surface area (Å²) in [5.74, 6) is -0.916. The molecular weight excluding hydrogens is 347 g/mol. The summed E-state index contributed by atoms with van der Waals surface area (Å²) in [4.78, 5) is 23.6. The van der Waals surface area contributed by atoms with E-state index < -0.39 is 11.7 Å². The highest BCUT2D eigenvalue weighted by Crippen LogP contribution is 2.21. The largest absolute Gasteiger partial charge is 0.484 e. The van der Waals surface area contributed by atoms with Gasteiger partial charge in [-0.1, -0.05) is 31.5 Å². The van der Waals surface area contributed by atoms with Gasteiger partial charge >= 0.3 is 0 Å². The molecule has 2 amide bonds. The van der Waals surface area contributed by atoms with Gasteiger partial charge in [0.1, 0.15) is 11.6 Å². The molecule has 132 valence electrons. The molecule has 0 radical (unpaired) electrons. The molecule has 0 saturated heterocycles. The maximum absolute atomic E-state index is 13.1. The lowest BCUT2D eigenvalue weighted by Gasteiger charge is -2.11. The molecule has 0 aliphatic carbocycles. The van der Waals surface area contributed by atoms with E-state index in [1.165, 1.54) is 12.1 Å². The van der Waals surface area contributed by atoms with Crippen molar-refractivity contribution in [1.82, 2.24) is 0 Å². The number of ether oxygens (including phenoxy) is 1. The summed E-state index contributed by atoms with van der Waals surface area (Å²) < 4.78 is 18.3. The van der Waals surface area contributed by atoms with Crippen molar-refractivity contribution in [3.63, 3.8) is 0 Å². The number of hydrogen-bond donors (Lipinski definition) is 2. The van der Waals surface area contributed by atoms with Gasteiger partial charge in [0.05, 0.1) is 5.02 Å². The van der Waals surface area contributed by atoms with E-state index in [1.807, 2.05) is 0 Å². The minimum Gasteiger partial charge on any atom is -0.484 e. The van der Waals surface area contributed by atoms with Gasteiger partial charge in [-0.3, -0.25) is 9.59 Å². The van der Waals surface area contributed by atoms with E-state index in [0.29, 0.717) is 17.1 Å². The van der Waals surface area contributed by atoms with Crippen molar-refractivity contribution in [2.45, 2.75) is 13.8 Å². The topological polar surface area (TPSA) is 67.4 Å². The first kappa shape index (κ1) is 18.7. The summed E-state index contributed by atoms with van der Waals surface area (Å²) in [5.41, 5.74) is 1.11. The fourth-order valence-electron chi connectivity index (χ4n) is 1.87. The van der Waals surface area contributed by atoms with Crippen LogP contribution in [0.5, 0.6) is 5.75 Å². The van der Waals surface area contributed by atoms with Crippen LogP contribution in [-0.4, -0.2) is 18.4 Å². The molecule has 0 fully saturated rings. The molecular formula is C18H18ClFN2O3. The maximum atomic E-state index is 13.1. The van der Waals surface area contributed by atoms with Crippen LogP contribution >= 0.6 is 11.6 Å². The van der Waals surface area contributed by atoms with E-state index in [9.17, 15) is 14.0 Å². The van der Waals surface area contributed by atoms with Crippen LogP contribution in [0.3, 0.4) is 0 Å².